The molecular formula is C17H20Cl2N2O3. The lowest BCUT2D eigenvalue weighted by Crippen LogP contribution is -2.51. The highest BCUT2D eigenvalue weighted by atomic mass is 35.5. The number of rotatable bonds is 3. The second-order valence-corrected chi connectivity index (χ2v) is 7.81. The van der Waals surface area contributed by atoms with Crippen molar-refractivity contribution in [1.82, 2.24) is 9.80 Å². The summed E-state index contributed by atoms with van der Waals surface area (Å²) in [5.74, 6) is -0.138. The molecule has 0 spiro atoms. The van der Waals surface area contributed by atoms with Crippen LogP contribution in [0.5, 0.6) is 5.75 Å². The molecule has 1 amide bonds. The number of benzene rings is 1. The predicted molar refractivity (Wildman–Crippen MR) is 93.4 cm³/mol. The Morgan fingerprint density at radius 2 is 2.00 bits per heavy atom. The van der Waals surface area contributed by atoms with E-state index in [0.717, 1.165) is 5.70 Å². The molecule has 0 aromatic heterocycles. The number of hydrogen-bond acceptors (Lipinski definition) is 4. The molecule has 1 aromatic rings. The van der Waals surface area contributed by atoms with E-state index >= 15 is 0 Å². The number of halogens is 2. The molecule has 24 heavy (non-hydrogen) atoms. The smallest absolute Gasteiger partial charge is 0.240 e. The minimum Gasteiger partial charge on any atom is -0.508 e. The molecule has 2 aliphatic heterocycles. The van der Waals surface area contributed by atoms with Crippen LogP contribution in [0, 0.1) is 0 Å². The lowest BCUT2D eigenvalue weighted by atomic mass is 9.99. The average molecular weight is 371 g/mol. The van der Waals surface area contributed by atoms with Gasteiger partial charge in [-0.1, -0.05) is 29.3 Å². The summed E-state index contributed by atoms with van der Waals surface area (Å²) in [5, 5.41) is 20.8. The number of phenolic OH excluding ortho intramolecular Hbond substituents is 1. The number of nitrogens with zero attached hydrogens (tertiary/aromatic N) is 2. The number of aliphatic hydroxyl groups is 1. The molecule has 130 valence electrons. The molecule has 0 bridgehead atoms. The van der Waals surface area contributed by atoms with Gasteiger partial charge >= 0.3 is 0 Å². The van der Waals surface area contributed by atoms with Gasteiger partial charge in [0.1, 0.15) is 5.75 Å². The lowest BCUT2D eigenvalue weighted by Gasteiger charge is -2.36. The van der Waals surface area contributed by atoms with Gasteiger partial charge in [0.25, 0.3) is 0 Å². The molecule has 1 atom stereocenters. The topological polar surface area (TPSA) is 64.0 Å². The highest BCUT2D eigenvalue weighted by Gasteiger charge is 2.37. The van der Waals surface area contributed by atoms with Crippen LogP contribution in [0.2, 0.25) is 10.0 Å². The standard InChI is InChI=1S/C17H20Cl2N2O3/c1-17(2,24)9-20-7-11-5-10(6-21(11)14(23)8-20)15-13(22)4-3-12(18)16(15)19/h3-5,10,22,24H,6-9H2,1-2H3/t10-/m0/s1. The van der Waals surface area contributed by atoms with Crippen molar-refractivity contribution >= 4 is 29.1 Å². The van der Waals surface area contributed by atoms with Gasteiger partial charge in [0.05, 0.1) is 22.2 Å². The maximum atomic E-state index is 12.4. The minimum atomic E-state index is -0.866. The van der Waals surface area contributed by atoms with Crippen molar-refractivity contribution in [2.45, 2.75) is 25.4 Å². The summed E-state index contributed by atoms with van der Waals surface area (Å²) in [6.45, 7) is 5.14. The van der Waals surface area contributed by atoms with Crippen LogP contribution in [0.3, 0.4) is 0 Å². The summed E-state index contributed by atoms with van der Waals surface area (Å²) < 4.78 is 0. The SMILES string of the molecule is CC(C)(O)CN1CC(=O)N2C[C@@H](c3c(O)ccc(Cl)c3Cl)C=C2C1. The maximum absolute atomic E-state index is 12.4. The number of hydrogen-bond donors (Lipinski definition) is 2. The van der Waals surface area contributed by atoms with Crippen LogP contribution in [0.1, 0.15) is 25.3 Å². The summed E-state index contributed by atoms with van der Waals surface area (Å²) >= 11 is 12.3. The fourth-order valence-corrected chi connectivity index (χ4v) is 3.86. The highest BCUT2D eigenvalue weighted by molar-refractivity contribution is 6.42. The number of phenols is 1. The number of β-amino-alcohol motifs (C(OH)–C–C–N with tert-alkyl or cyclic N) is 1. The van der Waals surface area contributed by atoms with Crippen LogP contribution < -0.4 is 0 Å². The third kappa shape index (κ3) is 3.40. The minimum absolute atomic E-state index is 0.0168. The van der Waals surface area contributed by atoms with Crippen LogP contribution in [-0.2, 0) is 4.79 Å². The van der Waals surface area contributed by atoms with E-state index in [4.69, 9.17) is 23.2 Å². The van der Waals surface area contributed by atoms with E-state index in [1.165, 1.54) is 6.07 Å². The summed E-state index contributed by atoms with van der Waals surface area (Å²) in [7, 11) is 0. The summed E-state index contributed by atoms with van der Waals surface area (Å²) in [5.41, 5.74) is 0.555. The van der Waals surface area contributed by atoms with Crippen molar-refractivity contribution in [3.63, 3.8) is 0 Å². The Hall–Kier alpha value is -1.27. The van der Waals surface area contributed by atoms with Crippen LogP contribution in [0.25, 0.3) is 0 Å². The Morgan fingerprint density at radius 1 is 1.29 bits per heavy atom. The quantitative estimate of drug-likeness (QED) is 0.858. The van der Waals surface area contributed by atoms with Crippen molar-refractivity contribution in [3.05, 3.63) is 39.5 Å². The van der Waals surface area contributed by atoms with E-state index in [2.05, 4.69) is 0 Å². The molecule has 0 saturated carbocycles. The Balaban J connectivity index is 1.87. The average Bonchev–Trinajstić information content (AvgIpc) is 2.85. The van der Waals surface area contributed by atoms with Gasteiger partial charge in [-0.25, -0.2) is 0 Å². The predicted octanol–water partition coefficient (Wildman–Crippen LogP) is 2.60. The van der Waals surface area contributed by atoms with E-state index in [-0.39, 0.29) is 24.1 Å². The lowest BCUT2D eigenvalue weighted by molar-refractivity contribution is -0.133. The van der Waals surface area contributed by atoms with E-state index in [1.54, 1.807) is 24.8 Å². The summed E-state index contributed by atoms with van der Waals surface area (Å²) in [6.07, 6.45) is 1.95. The first-order valence-electron chi connectivity index (χ1n) is 7.78. The third-order valence-corrected chi connectivity index (χ3v) is 5.07. The molecule has 0 radical (unpaired) electrons. The zero-order chi connectivity index (χ0) is 17.6. The van der Waals surface area contributed by atoms with Crippen LogP contribution >= 0.6 is 23.2 Å². The molecule has 1 fully saturated rings. The molecule has 1 saturated heterocycles. The van der Waals surface area contributed by atoms with Crippen molar-refractivity contribution in [2.75, 3.05) is 26.2 Å². The summed E-state index contributed by atoms with van der Waals surface area (Å²) in [6, 6.07) is 3.07. The third-order valence-electron chi connectivity index (χ3n) is 4.26. The number of fused-ring (bicyclic) bond motifs is 1. The monoisotopic (exact) mass is 370 g/mol. The van der Waals surface area contributed by atoms with Crippen molar-refractivity contribution in [1.29, 1.82) is 0 Å². The molecule has 5 nitrogen and oxygen atoms in total. The molecule has 0 unspecified atom stereocenters. The van der Waals surface area contributed by atoms with Crippen molar-refractivity contribution in [3.8, 4) is 5.75 Å². The van der Waals surface area contributed by atoms with Gasteiger partial charge < -0.3 is 15.1 Å². The zero-order valence-corrected chi connectivity index (χ0v) is 15.1. The number of aromatic hydroxyl groups is 1. The zero-order valence-electron chi connectivity index (χ0n) is 13.6. The molecule has 2 aliphatic rings. The first-order valence-corrected chi connectivity index (χ1v) is 8.54. The Labute approximate surface area is 151 Å². The Bertz CT molecular complexity index is 713. The molecule has 2 heterocycles. The van der Waals surface area contributed by atoms with Gasteiger partial charge in [0.2, 0.25) is 5.91 Å². The molecule has 0 aliphatic carbocycles. The molecular weight excluding hydrogens is 351 g/mol. The first-order chi connectivity index (χ1) is 11.2. The highest BCUT2D eigenvalue weighted by Crippen LogP contribution is 2.42. The summed E-state index contributed by atoms with van der Waals surface area (Å²) in [4.78, 5) is 16.1. The van der Waals surface area contributed by atoms with Gasteiger partial charge in [-0.05, 0) is 26.0 Å². The van der Waals surface area contributed by atoms with Gasteiger partial charge in [0, 0.05) is 36.8 Å². The van der Waals surface area contributed by atoms with Crippen LogP contribution in [0.15, 0.2) is 23.9 Å². The second-order valence-electron chi connectivity index (χ2n) is 7.02. The van der Waals surface area contributed by atoms with Crippen LogP contribution in [-0.4, -0.2) is 57.7 Å². The Morgan fingerprint density at radius 3 is 2.67 bits per heavy atom. The first kappa shape index (κ1) is 17.5. The van der Waals surface area contributed by atoms with E-state index < -0.39 is 5.60 Å². The van der Waals surface area contributed by atoms with Crippen molar-refractivity contribution in [2.24, 2.45) is 0 Å². The number of piperazine rings is 1. The van der Waals surface area contributed by atoms with Gasteiger partial charge in [-0.15, -0.1) is 0 Å². The van der Waals surface area contributed by atoms with E-state index in [1.807, 2.05) is 11.0 Å². The van der Waals surface area contributed by atoms with Gasteiger partial charge in [-0.2, -0.15) is 0 Å². The molecule has 1 aromatic carbocycles. The van der Waals surface area contributed by atoms with Crippen LogP contribution in [0.4, 0.5) is 0 Å². The molecule has 7 heteroatoms. The fraction of sp³-hybridized carbons (Fsp3) is 0.471. The van der Waals surface area contributed by atoms with E-state index in [9.17, 15) is 15.0 Å². The number of carbonyl (C=O) groups is 1. The number of amides is 1. The normalized spacial score (nSPS) is 21.9. The maximum Gasteiger partial charge on any atom is 0.240 e. The van der Waals surface area contributed by atoms with E-state index in [0.29, 0.717) is 35.2 Å². The second kappa shape index (κ2) is 6.23. The molecule has 2 N–H and O–H groups in total. The largest absolute Gasteiger partial charge is 0.508 e. The van der Waals surface area contributed by atoms with Crippen molar-refractivity contribution < 1.29 is 15.0 Å². The Kier molecular flexibility index (Phi) is 4.55. The molecule has 3 rings (SSSR count). The fourth-order valence-electron chi connectivity index (χ4n) is 3.39. The number of carbonyl (C=O) groups excluding carboxylic acids is 1. The van der Waals surface area contributed by atoms with Gasteiger partial charge in [-0.3, -0.25) is 9.69 Å². The van der Waals surface area contributed by atoms with Gasteiger partial charge in [0.15, 0.2) is 0 Å².